The first kappa shape index (κ1) is 51.1. The molecule has 0 aliphatic carbocycles. The van der Waals surface area contributed by atoms with E-state index in [0.717, 1.165) is 44.2 Å². The van der Waals surface area contributed by atoms with E-state index < -0.39 is 17.7 Å². The summed E-state index contributed by atoms with van der Waals surface area (Å²) in [6, 6.07) is 6.35. The molecule has 0 spiro atoms. The number of thiazole rings is 1. The SMILES string of the molecule is CCc1nc(C)sc1C(=O)Nc1nc2cc(C(N)=O)cnc2n1C/C=C/Cn1c(NC(=O)c2cc(C)nn2CC)nc2cc(C(N)=O)cc(OCCCN3CCN(C(=O)OCCCN4CCNCC4)CC3)c21. The number of carbonyl (C=O) groups excluding carboxylic acids is 5. The number of nitrogens with zero attached hydrogens (tertiary/aromatic N) is 11. The van der Waals surface area contributed by atoms with E-state index in [9.17, 15) is 24.0 Å². The van der Waals surface area contributed by atoms with Crippen LogP contribution in [0.25, 0.3) is 22.2 Å². The van der Waals surface area contributed by atoms with E-state index in [4.69, 9.17) is 25.9 Å². The van der Waals surface area contributed by atoms with Crippen LogP contribution >= 0.6 is 11.3 Å². The topological polar surface area (TPSA) is 281 Å². The number of benzene rings is 1. The summed E-state index contributed by atoms with van der Waals surface area (Å²) in [5, 5.41) is 14.4. The number of piperazine rings is 2. The molecule has 2 aliphatic heterocycles. The molecule has 0 atom stereocenters. The standard InChI is InChI=1S/C48H62N16O7S/c1-5-34-40(72-31(4)53-34)45(68)57-47-55-36-27-33(42(50)66)29-52-43(36)63(47)16-8-7-15-62-39-35(54-46(62)56-44(67)37-25-30(3)58-64(37)6-2)26-32(41(49)65)28-38(39)70-23-9-14-60-19-21-61(22-20-60)48(69)71-24-10-13-59-17-11-51-12-18-59/h7-8,25-29,51H,5-6,9-24H2,1-4H3,(H2,49,65)(H2,50,66)(H,54,56,67)(H,55,57,68)/b8-7+. The van der Waals surface area contributed by atoms with Crippen LogP contribution in [0, 0.1) is 13.8 Å². The second-order valence-corrected chi connectivity index (χ2v) is 18.8. The minimum atomic E-state index is -0.677. The summed E-state index contributed by atoms with van der Waals surface area (Å²) >= 11 is 1.29. The molecular weight excluding hydrogens is 945 g/mol. The van der Waals surface area contributed by atoms with Gasteiger partial charge >= 0.3 is 6.09 Å². The average molecular weight is 1010 g/mol. The number of allylic oxidation sites excluding steroid dienone is 2. The highest BCUT2D eigenvalue weighted by atomic mass is 32.1. The lowest BCUT2D eigenvalue weighted by molar-refractivity contribution is 0.0717. The van der Waals surface area contributed by atoms with Gasteiger partial charge < -0.3 is 40.6 Å². The Morgan fingerprint density at radius 2 is 1.43 bits per heavy atom. The van der Waals surface area contributed by atoms with E-state index in [1.807, 2.05) is 32.9 Å². The molecule has 7 N–H and O–H groups in total. The number of carbonyl (C=O) groups is 5. The fourth-order valence-corrected chi connectivity index (χ4v) is 9.71. The molecule has 23 nitrogen and oxygen atoms in total. The Balaban J connectivity index is 0.996. The maximum Gasteiger partial charge on any atom is 0.409 e. The number of fused-ring (bicyclic) bond motifs is 2. The number of amides is 5. The lowest BCUT2D eigenvalue weighted by atomic mass is 10.1. The maximum absolute atomic E-state index is 13.9. The van der Waals surface area contributed by atoms with Gasteiger partial charge in [0.2, 0.25) is 23.7 Å². The number of nitrogens with one attached hydrogen (secondary N) is 3. The summed E-state index contributed by atoms with van der Waals surface area (Å²) in [5.74, 6) is -1.46. The first-order valence-corrected chi connectivity index (χ1v) is 25.1. The monoisotopic (exact) mass is 1010 g/mol. The highest BCUT2D eigenvalue weighted by molar-refractivity contribution is 7.13. The van der Waals surface area contributed by atoms with Crippen molar-refractivity contribution in [3.8, 4) is 5.75 Å². The van der Waals surface area contributed by atoms with E-state index in [2.05, 4.69) is 45.8 Å². The molecule has 2 saturated heterocycles. The summed E-state index contributed by atoms with van der Waals surface area (Å²) in [6.45, 7) is 17.0. The molecule has 8 rings (SSSR count). The van der Waals surface area contributed by atoms with Gasteiger partial charge in [0.1, 0.15) is 27.4 Å². The second kappa shape index (κ2) is 23.3. The van der Waals surface area contributed by atoms with Crippen LogP contribution in [-0.4, -0.2) is 162 Å². The number of anilines is 2. The Hall–Kier alpha value is -7.28. The molecule has 2 aliphatic rings. The van der Waals surface area contributed by atoms with Gasteiger partial charge in [0, 0.05) is 96.8 Å². The van der Waals surface area contributed by atoms with Crippen LogP contribution in [0.3, 0.4) is 0 Å². The molecule has 5 amide bonds. The number of nitrogens with two attached hydrogens (primary N) is 2. The summed E-state index contributed by atoms with van der Waals surface area (Å²) in [4.78, 5) is 90.4. The molecule has 7 heterocycles. The predicted molar refractivity (Wildman–Crippen MR) is 272 cm³/mol. The largest absolute Gasteiger partial charge is 0.491 e. The highest BCUT2D eigenvalue weighted by Gasteiger charge is 2.25. The van der Waals surface area contributed by atoms with Crippen molar-refractivity contribution in [3.63, 3.8) is 0 Å². The molecule has 2 fully saturated rings. The number of rotatable bonds is 21. The van der Waals surface area contributed by atoms with Crippen LogP contribution in [-0.2, 0) is 30.8 Å². The van der Waals surface area contributed by atoms with Gasteiger partial charge in [0.05, 0.1) is 40.7 Å². The molecule has 382 valence electrons. The average Bonchev–Trinajstić information content (AvgIpc) is 4.15. The number of primary amides is 2. The van der Waals surface area contributed by atoms with Crippen molar-refractivity contribution in [2.75, 3.05) is 89.3 Å². The Morgan fingerprint density at radius 1 is 0.778 bits per heavy atom. The fourth-order valence-electron chi connectivity index (χ4n) is 8.81. The first-order valence-electron chi connectivity index (χ1n) is 24.3. The molecule has 0 saturated carbocycles. The van der Waals surface area contributed by atoms with Crippen LogP contribution in [0.2, 0.25) is 0 Å². The summed E-state index contributed by atoms with van der Waals surface area (Å²) in [5.41, 5.74) is 15.0. The van der Waals surface area contributed by atoms with Gasteiger partial charge in [-0.1, -0.05) is 19.1 Å². The van der Waals surface area contributed by atoms with Gasteiger partial charge in [-0.3, -0.25) is 44.0 Å². The van der Waals surface area contributed by atoms with Crippen LogP contribution in [0.5, 0.6) is 5.75 Å². The van der Waals surface area contributed by atoms with Crippen molar-refractivity contribution in [2.45, 2.75) is 66.6 Å². The van der Waals surface area contributed by atoms with Crippen LogP contribution < -0.4 is 32.2 Å². The zero-order valence-electron chi connectivity index (χ0n) is 41.1. The lowest BCUT2D eigenvalue weighted by Crippen LogP contribution is -2.49. The van der Waals surface area contributed by atoms with E-state index >= 15 is 0 Å². The van der Waals surface area contributed by atoms with Crippen LogP contribution in [0.4, 0.5) is 16.7 Å². The van der Waals surface area contributed by atoms with Gasteiger partial charge in [-0.2, -0.15) is 5.10 Å². The fraction of sp³-hybridized carbons (Fsp3) is 0.458. The minimum Gasteiger partial charge on any atom is -0.491 e. The van der Waals surface area contributed by atoms with Gasteiger partial charge in [-0.25, -0.2) is 24.7 Å². The Morgan fingerprint density at radius 3 is 2.14 bits per heavy atom. The number of hydrogen-bond acceptors (Lipinski definition) is 16. The van der Waals surface area contributed by atoms with E-state index in [-0.39, 0.29) is 54.7 Å². The lowest BCUT2D eigenvalue weighted by Gasteiger charge is -2.34. The summed E-state index contributed by atoms with van der Waals surface area (Å²) < 4.78 is 17.1. The molecule has 0 radical (unpaired) electrons. The number of imidazole rings is 2. The Bertz CT molecular complexity index is 2980. The van der Waals surface area contributed by atoms with Crippen molar-refractivity contribution in [2.24, 2.45) is 11.5 Å². The zero-order valence-corrected chi connectivity index (χ0v) is 41.9. The van der Waals surface area contributed by atoms with E-state index in [0.29, 0.717) is 109 Å². The molecule has 24 heteroatoms. The molecular formula is C48H62N16O7S. The quantitative estimate of drug-likeness (QED) is 0.0510. The Labute approximate surface area is 419 Å². The number of aryl methyl sites for hydroxylation is 4. The Kier molecular flexibility index (Phi) is 16.5. The number of hydrogen-bond donors (Lipinski definition) is 5. The second-order valence-electron chi connectivity index (χ2n) is 17.5. The number of aromatic nitrogens is 8. The number of pyridine rings is 1. The predicted octanol–water partition coefficient (Wildman–Crippen LogP) is 3.41. The van der Waals surface area contributed by atoms with Gasteiger partial charge in [0.15, 0.2) is 5.65 Å². The maximum atomic E-state index is 13.9. The first-order chi connectivity index (χ1) is 34.8. The summed E-state index contributed by atoms with van der Waals surface area (Å²) in [7, 11) is 0. The van der Waals surface area contributed by atoms with Gasteiger partial charge in [0.25, 0.3) is 11.8 Å². The van der Waals surface area contributed by atoms with Gasteiger partial charge in [-0.05, 0) is 64.3 Å². The third kappa shape index (κ3) is 12.1. The molecule has 6 aromatic rings. The van der Waals surface area contributed by atoms with Crippen molar-refractivity contribution < 1.29 is 33.4 Å². The normalized spacial score (nSPS) is 14.6. The van der Waals surface area contributed by atoms with E-state index in [1.165, 1.54) is 23.6 Å². The molecule has 1 aromatic carbocycles. The van der Waals surface area contributed by atoms with Crippen LogP contribution in [0.15, 0.2) is 42.6 Å². The summed E-state index contributed by atoms with van der Waals surface area (Å²) in [6.07, 6.45) is 6.77. The van der Waals surface area contributed by atoms with Crippen LogP contribution in [0.1, 0.15) is 84.0 Å². The van der Waals surface area contributed by atoms with Crippen molar-refractivity contribution in [1.82, 2.24) is 58.9 Å². The molecule has 0 bridgehead atoms. The third-order valence-electron chi connectivity index (χ3n) is 12.5. The zero-order chi connectivity index (χ0) is 50.9. The third-order valence-corrected chi connectivity index (χ3v) is 13.5. The van der Waals surface area contributed by atoms with Crippen molar-refractivity contribution in [1.29, 1.82) is 0 Å². The molecule has 5 aromatic heterocycles. The highest BCUT2D eigenvalue weighted by Crippen LogP contribution is 2.32. The smallest absolute Gasteiger partial charge is 0.409 e. The van der Waals surface area contributed by atoms with E-state index in [1.54, 1.807) is 43.8 Å². The number of ether oxygens (including phenoxy) is 2. The minimum absolute atomic E-state index is 0.154. The van der Waals surface area contributed by atoms with Crippen molar-refractivity contribution in [3.05, 3.63) is 80.7 Å². The molecule has 0 unspecified atom stereocenters. The van der Waals surface area contributed by atoms with Gasteiger partial charge in [-0.15, -0.1) is 11.3 Å². The molecule has 72 heavy (non-hydrogen) atoms. The van der Waals surface area contributed by atoms with Crippen molar-refractivity contribution >= 4 is 75.2 Å².